The zero-order chi connectivity index (χ0) is 11.4. The summed E-state index contributed by atoms with van der Waals surface area (Å²) in [5.74, 6) is 3.21. The van der Waals surface area contributed by atoms with E-state index in [0.717, 1.165) is 24.3 Å². The molecule has 2 rings (SSSR count). The van der Waals surface area contributed by atoms with Crippen molar-refractivity contribution < 1.29 is 0 Å². The van der Waals surface area contributed by atoms with Gasteiger partial charge in [0.2, 0.25) is 0 Å². The Bertz CT molecular complexity index is 205. The molecular formula is C14H28N2. The summed E-state index contributed by atoms with van der Waals surface area (Å²) < 4.78 is 0. The van der Waals surface area contributed by atoms with Crippen LogP contribution in [0.25, 0.3) is 0 Å². The molecule has 0 aromatic rings. The first-order valence-electron chi connectivity index (χ1n) is 7.20. The lowest BCUT2D eigenvalue weighted by Gasteiger charge is -2.29. The average Bonchev–Trinajstić information content (AvgIpc) is 2.88. The van der Waals surface area contributed by atoms with E-state index in [0.29, 0.717) is 0 Å². The van der Waals surface area contributed by atoms with Crippen molar-refractivity contribution in [2.45, 2.75) is 39.0 Å². The second kappa shape index (κ2) is 6.02. The van der Waals surface area contributed by atoms with Crippen LogP contribution in [0, 0.1) is 17.8 Å². The molecule has 0 spiro atoms. The Balaban J connectivity index is 1.76. The molecular weight excluding hydrogens is 196 g/mol. The highest BCUT2D eigenvalue weighted by Crippen LogP contribution is 2.48. The number of likely N-dealkylation sites (N-methyl/N-ethyl adjacent to an activating group) is 1. The number of fused-ring (bicyclic) bond motifs is 2. The van der Waals surface area contributed by atoms with Crippen LogP contribution in [0.1, 0.15) is 39.0 Å². The molecule has 2 aliphatic carbocycles. The molecule has 94 valence electrons. The third-order valence-corrected chi connectivity index (χ3v) is 4.60. The van der Waals surface area contributed by atoms with Gasteiger partial charge in [-0.3, -0.25) is 0 Å². The Morgan fingerprint density at radius 2 is 2.06 bits per heavy atom. The van der Waals surface area contributed by atoms with Gasteiger partial charge in [0.15, 0.2) is 0 Å². The lowest BCUT2D eigenvalue weighted by atomic mass is 9.88. The molecule has 3 unspecified atom stereocenters. The summed E-state index contributed by atoms with van der Waals surface area (Å²) in [6.45, 7) is 7.33. The van der Waals surface area contributed by atoms with Crippen LogP contribution < -0.4 is 5.32 Å². The second-order valence-electron chi connectivity index (χ2n) is 5.84. The maximum Gasteiger partial charge on any atom is 0.0107 e. The maximum absolute atomic E-state index is 3.27. The average molecular weight is 224 g/mol. The van der Waals surface area contributed by atoms with Crippen LogP contribution in [-0.4, -0.2) is 38.1 Å². The lowest BCUT2D eigenvalue weighted by molar-refractivity contribution is 0.191. The highest BCUT2D eigenvalue weighted by Gasteiger charge is 2.39. The fourth-order valence-corrected chi connectivity index (χ4v) is 3.81. The zero-order valence-electron chi connectivity index (χ0n) is 11.0. The van der Waals surface area contributed by atoms with Gasteiger partial charge in [-0.2, -0.15) is 0 Å². The van der Waals surface area contributed by atoms with Crippen LogP contribution in [0.2, 0.25) is 0 Å². The molecule has 0 aliphatic heterocycles. The van der Waals surface area contributed by atoms with Crippen molar-refractivity contribution in [3.05, 3.63) is 0 Å². The summed E-state index contributed by atoms with van der Waals surface area (Å²) in [6, 6.07) is 0. The number of rotatable bonds is 7. The van der Waals surface area contributed by atoms with E-state index >= 15 is 0 Å². The monoisotopic (exact) mass is 224 g/mol. The van der Waals surface area contributed by atoms with Gasteiger partial charge in [0, 0.05) is 19.6 Å². The predicted molar refractivity (Wildman–Crippen MR) is 69.6 cm³/mol. The molecule has 2 nitrogen and oxygen atoms in total. The summed E-state index contributed by atoms with van der Waals surface area (Å²) >= 11 is 0. The molecule has 16 heavy (non-hydrogen) atoms. The van der Waals surface area contributed by atoms with E-state index in [1.165, 1.54) is 45.3 Å². The minimum Gasteiger partial charge on any atom is -0.318 e. The van der Waals surface area contributed by atoms with Crippen molar-refractivity contribution in [2.75, 3.05) is 33.2 Å². The summed E-state index contributed by atoms with van der Waals surface area (Å²) in [6.07, 6.45) is 7.44. The summed E-state index contributed by atoms with van der Waals surface area (Å²) in [5, 5.41) is 3.27. The van der Waals surface area contributed by atoms with E-state index in [9.17, 15) is 0 Å². The van der Waals surface area contributed by atoms with Crippen molar-refractivity contribution in [2.24, 2.45) is 17.8 Å². The molecule has 0 aromatic heterocycles. The van der Waals surface area contributed by atoms with Gasteiger partial charge in [-0.25, -0.2) is 0 Å². The molecule has 3 atom stereocenters. The van der Waals surface area contributed by atoms with Crippen LogP contribution in [0.5, 0.6) is 0 Å². The molecule has 1 N–H and O–H groups in total. The number of hydrogen-bond acceptors (Lipinski definition) is 2. The van der Waals surface area contributed by atoms with E-state index in [4.69, 9.17) is 0 Å². The Kier molecular flexibility index (Phi) is 4.66. The quantitative estimate of drug-likeness (QED) is 0.714. The fourth-order valence-electron chi connectivity index (χ4n) is 3.81. The highest BCUT2D eigenvalue weighted by atomic mass is 15.1. The van der Waals surface area contributed by atoms with E-state index in [1.54, 1.807) is 6.42 Å². The smallest absolute Gasteiger partial charge is 0.0107 e. The topological polar surface area (TPSA) is 15.3 Å². The third kappa shape index (κ3) is 2.98. The van der Waals surface area contributed by atoms with E-state index in [-0.39, 0.29) is 0 Å². The van der Waals surface area contributed by atoms with Gasteiger partial charge in [0.25, 0.3) is 0 Å². The predicted octanol–water partition coefficient (Wildman–Crippen LogP) is 2.35. The van der Waals surface area contributed by atoms with Crippen LogP contribution in [-0.2, 0) is 0 Å². The van der Waals surface area contributed by atoms with Crippen LogP contribution in [0.3, 0.4) is 0 Å². The summed E-state index contributed by atoms with van der Waals surface area (Å²) in [7, 11) is 2.06. The molecule has 0 aromatic carbocycles. The molecule has 2 bridgehead atoms. The van der Waals surface area contributed by atoms with Gasteiger partial charge in [-0.15, -0.1) is 0 Å². The first kappa shape index (κ1) is 12.4. The molecule has 2 aliphatic rings. The van der Waals surface area contributed by atoms with Crippen LogP contribution in [0.15, 0.2) is 0 Å². The third-order valence-electron chi connectivity index (χ3n) is 4.60. The molecule has 2 saturated carbocycles. The number of nitrogens with one attached hydrogen (secondary N) is 1. The Morgan fingerprint density at radius 3 is 2.62 bits per heavy atom. The van der Waals surface area contributed by atoms with Crippen molar-refractivity contribution in [3.8, 4) is 0 Å². The molecule has 0 saturated heterocycles. The van der Waals surface area contributed by atoms with Gasteiger partial charge in [-0.05, 0) is 57.0 Å². The van der Waals surface area contributed by atoms with Crippen molar-refractivity contribution in [1.29, 1.82) is 0 Å². The first-order valence-corrected chi connectivity index (χ1v) is 7.20. The van der Waals surface area contributed by atoms with E-state index in [1.807, 2.05) is 0 Å². The summed E-state index contributed by atoms with van der Waals surface area (Å²) in [4.78, 5) is 2.68. The Hall–Kier alpha value is -0.0800. The molecule has 2 fully saturated rings. The number of nitrogens with zero attached hydrogens (tertiary/aromatic N) is 1. The van der Waals surface area contributed by atoms with Gasteiger partial charge in [0.05, 0.1) is 0 Å². The largest absolute Gasteiger partial charge is 0.318 e. The highest BCUT2D eigenvalue weighted by molar-refractivity contribution is 4.91. The van der Waals surface area contributed by atoms with Crippen molar-refractivity contribution >= 4 is 0 Å². The Morgan fingerprint density at radius 1 is 1.19 bits per heavy atom. The van der Waals surface area contributed by atoms with E-state index in [2.05, 4.69) is 24.2 Å². The molecule has 2 heteroatoms. The minimum absolute atomic E-state index is 1.03. The van der Waals surface area contributed by atoms with Gasteiger partial charge >= 0.3 is 0 Å². The fraction of sp³-hybridized carbons (Fsp3) is 1.00. The summed E-state index contributed by atoms with van der Waals surface area (Å²) in [5.41, 5.74) is 0. The van der Waals surface area contributed by atoms with Gasteiger partial charge in [-0.1, -0.05) is 13.3 Å². The normalized spacial score (nSPS) is 32.8. The maximum atomic E-state index is 3.27. The lowest BCUT2D eigenvalue weighted by Crippen LogP contribution is -2.36. The number of hydrogen-bond donors (Lipinski definition) is 1. The molecule has 0 amide bonds. The van der Waals surface area contributed by atoms with Gasteiger partial charge < -0.3 is 10.2 Å². The first-order chi connectivity index (χ1) is 7.83. The molecule has 0 radical (unpaired) electrons. The SMILES string of the molecule is CCCN(CCNC)CC1CC2CCC1C2. The van der Waals surface area contributed by atoms with E-state index < -0.39 is 0 Å². The second-order valence-corrected chi connectivity index (χ2v) is 5.84. The van der Waals surface area contributed by atoms with Crippen LogP contribution >= 0.6 is 0 Å². The molecule has 0 heterocycles. The zero-order valence-corrected chi connectivity index (χ0v) is 11.0. The van der Waals surface area contributed by atoms with Crippen molar-refractivity contribution in [3.63, 3.8) is 0 Å². The Labute approximate surface area is 101 Å². The van der Waals surface area contributed by atoms with Crippen LogP contribution in [0.4, 0.5) is 0 Å². The van der Waals surface area contributed by atoms with Crippen molar-refractivity contribution in [1.82, 2.24) is 10.2 Å². The minimum atomic E-state index is 1.03. The van der Waals surface area contributed by atoms with Gasteiger partial charge in [0.1, 0.15) is 0 Å². The standard InChI is InChI=1S/C14H28N2/c1-3-7-16(8-6-15-2)11-14-10-12-4-5-13(14)9-12/h12-15H,3-11H2,1-2H3.